The van der Waals surface area contributed by atoms with Crippen LogP contribution in [0.5, 0.6) is 0 Å². The van der Waals surface area contributed by atoms with Gasteiger partial charge >= 0.3 is 0 Å². The summed E-state index contributed by atoms with van der Waals surface area (Å²) in [5, 5.41) is 6.43. The predicted octanol–water partition coefficient (Wildman–Crippen LogP) is 4.32. The summed E-state index contributed by atoms with van der Waals surface area (Å²) in [7, 11) is 0. The molecule has 1 saturated carbocycles. The van der Waals surface area contributed by atoms with Crippen molar-refractivity contribution in [3.05, 3.63) is 77.1 Å². The van der Waals surface area contributed by atoms with E-state index in [0.29, 0.717) is 35.6 Å². The Labute approximate surface area is 252 Å². The van der Waals surface area contributed by atoms with Gasteiger partial charge in [0.1, 0.15) is 5.82 Å². The van der Waals surface area contributed by atoms with Crippen LogP contribution in [0, 0.1) is 0 Å². The topological polar surface area (TPSA) is 134 Å². The van der Waals surface area contributed by atoms with Crippen LogP contribution in [-0.4, -0.2) is 64.8 Å². The lowest BCUT2D eigenvalue weighted by Crippen LogP contribution is -2.48. The Hall–Kier alpha value is -4.47. The molecule has 3 aromatic rings. The first-order chi connectivity index (χ1) is 20.8. The average Bonchev–Trinajstić information content (AvgIpc) is 3.87. The molecule has 3 heterocycles. The molecule has 1 aliphatic carbocycles. The molecule has 0 unspecified atom stereocenters. The van der Waals surface area contributed by atoms with Crippen molar-refractivity contribution in [3.63, 3.8) is 0 Å². The molecule has 0 radical (unpaired) electrons. The molecule has 6 rings (SSSR count). The van der Waals surface area contributed by atoms with Crippen molar-refractivity contribution >= 4 is 35.0 Å². The summed E-state index contributed by atoms with van der Waals surface area (Å²) in [4.78, 5) is 49.9. The van der Waals surface area contributed by atoms with Crippen LogP contribution in [0.4, 0.5) is 17.3 Å². The zero-order valence-corrected chi connectivity index (χ0v) is 24.6. The molecule has 2 aromatic carbocycles. The number of piperidine rings is 2. The Kier molecular flexibility index (Phi) is 8.26. The Morgan fingerprint density at radius 1 is 0.860 bits per heavy atom. The van der Waals surface area contributed by atoms with E-state index in [1.165, 1.54) is 24.0 Å². The van der Waals surface area contributed by atoms with E-state index < -0.39 is 5.91 Å². The fourth-order valence-corrected chi connectivity index (χ4v) is 6.20. The molecule has 2 aliphatic heterocycles. The number of hydrogen-bond donors (Lipinski definition) is 3. The molecule has 2 saturated heterocycles. The van der Waals surface area contributed by atoms with Crippen LogP contribution in [0.3, 0.4) is 0 Å². The van der Waals surface area contributed by atoms with E-state index in [1.807, 2.05) is 29.2 Å². The normalized spacial score (nSPS) is 19.1. The van der Waals surface area contributed by atoms with Crippen molar-refractivity contribution < 1.29 is 14.4 Å². The SMILES string of the molecule is CC(=O)N1CCC(c2ccc(Nc3nc(N4CCC[C@@H](NC(=O)c5ccc(C6CC6)cc5)C4)cnc3C(N)=O)cc2)CC1. The van der Waals surface area contributed by atoms with Gasteiger partial charge in [0, 0.05) is 50.4 Å². The average molecular weight is 582 g/mol. The highest BCUT2D eigenvalue weighted by Crippen LogP contribution is 2.40. The molecule has 10 nitrogen and oxygen atoms in total. The molecule has 10 heteroatoms. The number of nitrogens with two attached hydrogens (primary N) is 1. The summed E-state index contributed by atoms with van der Waals surface area (Å²) in [6.45, 7) is 4.53. The highest BCUT2D eigenvalue weighted by molar-refractivity contribution is 5.96. The number of amides is 3. The van der Waals surface area contributed by atoms with Crippen molar-refractivity contribution in [1.82, 2.24) is 20.2 Å². The first-order valence-electron chi connectivity index (χ1n) is 15.3. The second-order valence-electron chi connectivity index (χ2n) is 12.0. The number of hydrogen-bond acceptors (Lipinski definition) is 7. The number of nitrogens with one attached hydrogen (secondary N) is 2. The summed E-state index contributed by atoms with van der Waals surface area (Å²) in [6, 6.07) is 16.0. The molecule has 3 aliphatic rings. The molecule has 224 valence electrons. The highest BCUT2D eigenvalue weighted by Gasteiger charge is 2.26. The molecule has 0 bridgehead atoms. The maximum Gasteiger partial charge on any atom is 0.271 e. The fourth-order valence-electron chi connectivity index (χ4n) is 6.20. The third kappa shape index (κ3) is 6.79. The molecular formula is C33H39N7O3. The Morgan fingerprint density at radius 3 is 2.14 bits per heavy atom. The quantitative estimate of drug-likeness (QED) is 0.361. The van der Waals surface area contributed by atoms with Crippen LogP contribution >= 0.6 is 0 Å². The first kappa shape index (κ1) is 28.6. The predicted molar refractivity (Wildman–Crippen MR) is 166 cm³/mol. The second kappa shape index (κ2) is 12.4. The van der Waals surface area contributed by atoms with Gasteiger partial charge in [-0.25, -0.2) is 9.97 Å². The molecule has 43 heavy (non-hydrogen) atoms. The van der Waals surface area contributed by atoms with E-state index in [9.17, 15) is 14.4 Å². The molecule has 4 N–H and O–H groups in total. The Balaban J connectivity index is 1.11. The van der Waals surface area contributed by atoms with Gasteiger partial charge in [-0.05, 0) is 85.8 Å². The molecule has 3 amide bonds. The lowest BCUT2D eigenvalue weighted by Gasteiger charge is -2.34. The summed E-state index contributed by atoms with van der Waals surface area (Å²) in [5.41, 5.74) is 9.69. The lowest BCUT2D eigenvalue weighted by molar-refractivity contribution is -0.129. The van der Waals surface area contributed by atoms with Gasteiger partial charge in [0.15, 0.2) is 11.5 Å². The van der Waals surface area contributed by atoms with Crippen LogP contribution in [0.15, 0.2) is 54.7 Å². The van der Waals surface area contributed by atoms with Gasteiger partial charge in [0.2, 0.25) is 5.91 Å². The van der Waals surface area contributed by atoms with E-state index in [0.717, 1.165) is 51.0 Å². The molecular weight excluding hydrogens is 542 g/mol. The largest absolute Gasteiger partial charge is 0.364 e. The molecule has 1 aromatic heterocycles. The zero-order valence-electron chi connectivity index (χ0n) is 24.6. The number of rotatable bonds is 8. The first-order valence-corrected chi connectivity index (χ1v) is 15.3. The van der Waals surface area contributed by atoms with E-state index in [2.05, 4.69) is 44.8 Å². The standard InChI is InChI=1S/C33H39N7O3/c1-21(41)39-17-14-25(15-18-39)24-10-12-27(13-11-24)36-32-30(31(34)42)35-19-29(38-32)40-16-2-3-28(20-40)37-33(43)26-8-6-23(7-9-26)22-4-5-22/h6-13,19,22,25,28H,2-5,14-18,20H2,1H3,(H2,34,42)(H,36,38)(H,37,43)/t28-/m1/s1. The van der Waals surface area contributed by atoms with E-state index in [1.54, 1.807) is 13.1 Å². The summed E-state index contributed by atoms with van der Waals surface area (Å²) < 4.78 is 0. The molecule has 0 spiro atoms. The van der Waals surface area contributed by atoms with Crippen molar-refractivity contribution in [2.24, 2.45) is 5.73 Å². The van der Waals surface area contributed by atoms with Gasteiger partial charge < -0.3 is 26.2 Å². The van der Waals surface area contributed by atoms with Crippen LogP contribution < -0.4 is 21.3 Å². The van der Waals surface area contributed by atoms with Crippen molar-refractivity contribution in [2.75, 3.05) is 36.4 Å². The van der Waals surface area contributed by atoms with Crippen LogP contribution in [-0.2, 0) is 4.79 Å². The Bertz CT molecular complexity index is 1480. The number of likely N-dealkylation sites (tertiary alicyclic amines) is 1. The fraction of sp³-hybridized carbons (Fsp3) is 0.424. The number of aromatic nitrogens is 2. The van der Waals surface area contributed by atoms with Gasteiger partial charge in [-0.15, -0.1) is 0 Å². The van der Waals surface area contributed by atoms with Crippen LogP contribution in [0.1, 0.15) is 89.3 Å². The third-order valence-corrected chi connectivity index (χ3v) is 8.88. The number of carbonyl (C=O) groups excluding carboxylic acids is 3. The van der Waals surface area contributed by atoms with E-state index in [-0.39, 0.29) is 23.6 Å². The minimum Gasteiger partial charge on any atom is -0.364 e. The van der Waals surface area contributed by atoms with Crippen molar-refractivity contribution in [2.45, 2.75) is 63.3 Å². The number of primary amides is 1. The second-order valence-corrected chi connectivity index (χ2v) is 12.0. The van der Waals surface area contributed by atoms with Crippen molar-refractivity contribution in [1.29, 1.82) is 0 Å². The van der Waals surface area contributed by atoms with Crippen molar-refractivity contribution in [3.8, 4) is 0 Å². The monoisotopic (exact) mass is 581 g/mol. The van der Waals surface area contributed by atoms with E-state index >= 15 is 0 Å². The minimum atomic E-state index is -0.660. The molecule has 3 fully saturated rings. The third-order valence-electron chi connectivity index (χ3n) is 8.88. The number of anilines is 3. The summed E-state index contributed by atoms with van der Waals surface area (Å²) in [5.74, 6) is 1.39. The maximum absolute atomic E-state index is 13.0. The smallest absolute Gasteiger partial charge is 0.271 e. The van der Waals surface area contributed by atoms with Gasteiger partial charge in [0.05, 0.1) is 6.20 Å². The summed E-state index contributed by atoms with van der Waals surface area (Å²) >= 11 is 0. The molecule has 1 atom stereocenters. The van der Waals surface area contributed by atoms with Crippen LogP contribution in [0.2, 0.25) is 0 Å². The summed E-state index contributed by atoms with van der Waals surface area (Å²) in [6.07, 6.45) is 7.69. The highest BCUT2D eigenvalue weighted by atomic mass is 16.2. The Morgan fingerprint density at radius 2 is 1.51 bits per heavy atom. The number of carbonyl (C=O) groups is 3. The maximum atomic E-state index is 13.0. The number of nitrogens with zero attached hydrogens (tertiary/aromatic N) is 4. The van der Waals surface area contributed by atoms with Gasteiger partial charge in [0.25, 0.3) is 11.8 Å². The van der Waals surface area contributed by atoms with Gasteiger partial charge in [-0.3, -0.25) is 14.4 Å². The van der Waals surface area contributed by atoms with Gasteiger partial charge in [-0.1, -0.05) is 24.3 Å². The zero-order chi connectivity index (χ0) is 29.9. The lowest BCUT2D eigenvalue weighted by atomic mass is 9.89. The van der Waals surface area contributed by atoms with Crippen LogP contribution in [0.25, 0.3) is 0 Å². The number of benzene rings is 2. The minimum absolute atomic E-state index is 0.0340. The van der Waals surface area contributed by atoms with E-state index in [4.69, 9.17) is 10.7 Å². The van der Waals surface area contributed by atoms with Gasteiger partial charge in [-0.2, -0.15) is 0 Å².